The number of rotatable bonds is 3. The molecule has 0 bridgehead atoms. The predicted molar refractivity (Wildman–Crippen MR) is 97.4 cm³/mol. The molecule has 2 aromatic carbocycles. The Morgan fingerprint density at radius 1 is 1.07 bits per heavy atom. The predicted octanol–water partition coefficient (Wildman–Crippen LogP) is 5.41. The Morgan fingerprint density at radius 3 is 2.30 bits per heavy atom. The molecular weight excluding hydrogens is 379 g/mol. The van der Waals surface area contributed by atoms with E-state index in [0.29, 0.717) is 5.56 Å². The molecule has 1 amide bonds. The fraction of sp³-hybridized carbons (Fsp3) is 0.158. The summed E-state index contributed by atoms with van der Waals surface area (Å²) in [5, 5.41) is 6.39. The lowest BCUT2D eigenvalue weighted by molar-refractivity contribution is -0.137. The van der Waals surface area contributed by atoms with E-state index in [1.165, 1.54) is 6.07 Å². The van der Waals surface area contributed by atoms with Crippen LogP contribution in [0.3, 0.4) is 0 Å². The Bertz CT molecular complexity index is 994. The third kappa shape index (κ3) is 4.14. The van der Waals surface area contributed by atoms with E-state index < -0.39 is 22.7 Å². The highest BCUT2D eigenvalue weighted by Crippen LogP contribution is 2.36. The molecule has 140 valence electrons. The lowest BCUT2D eigenvalue weighted by atomic mass is 10.1. The van der Waals surface area contributed by atoms with Crippen LogP contribution in [0, 0.1) is 13.8 Å². The van der Waals surface area contributed by atoms with Gasteiger partial charge in [0, 0.05) is 16.9 Å². The molecule has 8 heteroatoms. The number of aromatic nitrogens is 2. The zero-order valence-electron chi connectivity index (χ0n) is 14.4. The molecule has 0 aliphatic heterocycles. The normalized spacial score (nSPS) is 11.5. The van der Waals surface area contributed by atoms with Crippen LogP contribution in [0.5, 0.6) is 0 Å². The van der Waals surface area contributed by atoms with Gasteiger partial charge in [0.1, 0.15) is 0 Å². The lowest BCUT2D eigenvalue weighted by Gasteiger charge is -2.12. The highest BCUT2D eigenvalue weighted by atomic mass is 35.5. The van der Waals surface area contributed by atoms with Crippen molar-refractivity contribution >= 4 is 23.2 Å². The third-order valence-corrected chi connectivity index (χ3v) is 4.24. The number of alkyl halides is 3. The average Bonchev–Trinajstić information content (AvgIpc) is 2.94. The molecule has 0 aliphatic rings. The number of nitrogens with one attached hydrogen (secondary N) is 1. The number of hydrogen-bond acceptors (Lipinski definition) is 2. The second-order valence-electron chi connectivity index (χ2n) is 6.03. The Kier molecular flexibility index (Phi) is 4.97. The van der Waals surface area contributed by atoms with Gasteiger partial charge in [0.2, 0.25) is 0 Å². The third-order valence-electron chi connectivity index (χ3n) is 3.91. The van der Waals surface area contributed by atoms with E-state index in [4.69, 9.17) is 11.6 Å². The van der Waals surface area contributed by atoms with Gasteiger partial charge >= 0.3 is 6.18 Å². The SMILES string of the molecule is Cc1cc(C)n(-c2ccc(C(=O)Nc3ccc(Cl)c(C(F)(F)F)c3)cc2)n1. The minimum Gasteiger partial charge on any atom is -0.322 e. The summed E-state index contributed by atoms with van der Waals surface area (Å²) in [4.78, 5) is 12.3. The van der Waals surface area contributed by atoms with Crippen LogP contribution in [0.2, 0.25) is 5.02 Å². The molecule has 1 heterocycles. The summed E-state index contributed by atoms with van der Waals surface area (Å²) in [5.74, 6) is -0.523. The Morgan fingerprint density at radius 2 is 1.74 bits per heavy atom. The van der Waals surface area contributed by atoms with Gasteiger partial charge < -0.3 is 5.32 Å². The van der Waals surface area contributed by atoms with Crippen LogP contribution in [0.25, 0.3) is 5.69 Å². The zero-order chi connectivity index (χ0) is 19.8. The number of nitrogens with zero attached hydrogens (tertiary/aromatic N) is 2. The maximum Gasteiger partial charge on any atom is 0.417 e. The molecule has 1 N–H and O–H groups in total. The molecule has 3 rings (SSSR count). The molecule has 0 radical (unpaired) electrons. The second-order valence-corrected chi connectivity index (χ2v) is 6.44. The van der Waals surface area contributed by atoms with E-state index in [0.717, 1.165) is 29.2 Å². The number of carbonyl (C=O) groups excluding carboxylic acids is 1. The minimum atomic E-state index is -4.60. The number of hydrogen-bond donors (Lipinski definition) is 1. The standard InChI is InChI=1S/C19H15ClF3N3O/c1-11-9-12(2)26(25-11)15-6-3-13(4-7-15)18(27)24-14-5-8-17(20)16(10-14)19(21,22)23/h3-10H,1-2H3,(H,24,27). The first-order chi connectivity index (χ1) is 12.6. The van der Waals surface area contributed by atoms with Gasteiger partial charge in [-0.25, -0.2) is 4.68 Å². The molecule has 0 atom stereocenters. The summed E-state index contributed by atoms with van der Waals surface area (Å²) in [6, 6.07) is 11.8. The lowest BCUT2D eigenvalue weighted by Crippen LogP contribution is -2.13. The average molecular weight is 394 g/mol. The van der Waals surface area contributed by atoms with Gasteiger partial charge in [-0.2, -0.15) is 18.3 Å². The van der Waals surface area contributed by atoms with Crippen molar-refractivity contribution in [2.24, 2.45) is 0 Å². The smallest absolute Gasteiger partial charge is 0.322 e. The fourth-order valence-corrected chi connectivity index (χ4v) is 2.89. The van der Waals surface area contributed by atoms with Crippen LogP contribution in [0.1, 0.15) is 27.3 Å². The molecule has 0 saturated heterocycles. The topological polar surface area (TPSA) is 46.9 Å². The maximum atomic E-state index is 12.9. The number of carbonyl (C=O) groups is 1. The minimum absolute atomic E-state index is 0.0133. The summed E-state index contributed by atoms with van der Waals surface area (Å²) >= 11 is 5.58. The number of anilines is 1. The van der Waals surface area contributed by atoms with Crippen molar-refractivity contribution in [3.8, 4) is 5.69 Å². The van der Waals surface area contributed by atoms with Crippen molar-refractivity contribution < 1.29 is 18.0 Å². The van der Waals surface area contributed by atoms with Crippen molar-refractivity contribution in [2.75, 3.05) is 5.32 Å². The van der Waals surface area contributed by atoms with Crippen molar-refractivity contribution in [3.63, 3.8) is 0 Å². The maximum absolute atomic E-state index is 12.9. The molecule has 4 nitrogen and oxygen atoms in total. The largest absolute Gasteiger partial charge is 0.417 e. The Balaban J connectivity index is 1.80. The van der Waals surface area contributed by atoms with E-state index in [2.05, 4.69) is 10.4 Å². The molecule has 3 aromatic rings. The summed E-state index contributed by atoms with van der Waals surface area (Å²) < 4.78 is 40.5. The van der Waals surface area contributed by atoms with Crippen molar-refractivity contribution in [3.05, 3.63) is 76.1 Å². The summed E-state index contributed by atoms with van der Waals surface area (Å²) in [6.07, 6.45) is -4.60. The number of benzene rings is 2. The van der Waals surface area contributed by atoms with Crippen LogP contribution >= 0.6 is 11.6 Å². The van der Waals surface area contributed by atoms with Crippen LogP contribution in [0.15, 0.2) is 48.5 Å². The van der Waals surface area contributed by atoms with E-state index in [-0.39, 0.29) is 5.69 Å². The summed E-state index contributed by atoms with van der Waals surface area (Å²) in [6.45, 7) is 3.80. The number of aryl methyl sites for hydroxylation is 2. The molecule has 1 aromatic heterocycles. The van der Waals surface area contributed by atoms with Crippen LogP contribution in [-0.4, -0.2) is 15.7 Å². The molecular formula is C19H15ClF3N3O. The highest BCUT2D eigenvalue weighted by Gasteiger charge is 2.33. The number of halogens is 4. The van der Waals surface area contributed by atoms with Crippen molar-refractivity contribution in [1.29, 1.82) is 0 Å². The first-order valence-corrected chi connectivity index (χ1v) is 8.35. The van der Waals surface area contributed by atoms with E-state index in [1.807, 2.05) is 19.9 Å². The quantitative estimate of drug-likeness (QED) is 0.646. The molecule has 0 spiro atoms. The zero-order valence-corrected chi connectivity index (χ0v) is 15.2. The highest BCUT2D eigenvalue weighted by molar-refractivity contribution is 6.31. The number of amides is 1. The molecule has 27 heavy (non-hydrogen) atoms. The second kappa shape index (κ2) is 7.08. The van der Waals surface area contributed by atoms with Gasteiger partial charge in [0.15, 0.2) is 0 Å². The van der Waals surface area contributed by atoms with Gasteiger partial charge in [-0.3, -0.25) is 4.79 Å². The van der Waals surface area contributed by atoms with Gasteiger partial charge in [-0.15, -0.1) is 0 Å². The molecule has 0 aliphatic carbocycles. The van der Waals surface area contributed by atoms with Crippen LogP contribution < -0.4 is 5.32 Å². The van der Waals surface area contributed by atoms with E-state index in [1.54, 1.807) is 28.9 Å². The molecule has 0 unspecified atom stereocenters. The monoisotopic (exact) mass is 393 g/mol. The van der Waals surface area contributed by atoms with Gasteiger partial charge in [-0.05, 0) is 62.4 Å². The first kappa shape index (κ1) is 19.0. The van der Waals surface area contributed by atoms with Gasteiger partial charge in [-0.1, -0.05) is 11.6 Å². The molecule has 0 fully saturated rings. The van der Waals surface area contributed by atoms with E-state index >= 15 is 0 Å². The summed E-state index contributed by atoms with van der Waals surface area (Å²) in [5.41, 5.74) is 1.93. The Hall–Kier alpha value is -2.80. The van der Waals surface area contributed by atoms with Gasteiger partial charge in [0.25, 0.3) is 5.91 Å². The van der Waals surface area contributed by atoms with E-state index in [9.17, 15) is 18.0 Å². The summed E-state index contributed by atoms with van der Waals surface area (Å²) in [7, 11) is 0. The first-order valence-electron chi connectivity index (χ1n) is 7.97. The van der Waals surface area contributed by atoms with Gasteiger partial charge in [0.05, 0.1) is 22.0 Å². The van der Waals surface area contributed by atoms with Crippen molar-refractivity contribution in [2.45, 2.75) is 20.0 Å². The fourth-order valence-electron chi connectivity index (χ4n) is 2.67. The molecule has 0 saturated carbocycles. The van der Waals surface area contributed by atoms with Crippen LogP contribution in [0.4, 0.5) is 18.9 Å². The van der Waals surface area contributed by atoms with Crippen LogP contribution in [-0.2, 0) is 6.18 Å². The van der Waals surface area contributed by atoms with Crippen molar-refractivity contribution in [1.82, 2.24) is 9.78 Å². The Labute approximate surface area is 158 Å².